The molecule has 0 radical (unpaired) electrons. The summed E-state index contributed by atoms with van der Waals surface area (Å²) in [6.45, 7) is 0. The third kappa shape index (κ3) is 3.62. The molecular weight excluding hydrogens is 494 g/mol. The van der Waals surface area contributed by atoms with Crippen LogP contribution in [-0.2, 0) is 5.33 Å². The molecule has 0 atom stereocenters. The second-order valence-corrected chi connectivity index (χ2v) is 6.59. The fourth-order valence-electron chi connectivity index (χ4n) is 1.39. The van der Waals surface area contributed by atoms with E-state index in [4.69, 9.17) is 16.3 Å². The van der Waals surface area contributed by atoms with Crippen molar-refractivity contribution in [3.63, 3.8) is 0 Å². The summed E-state index contributed by atoms with van der Waals surface area (Å²) in [5, 5.41) is 1.53. The van der Waals surface area contributed by atoms with Gasteiger partial charge >= 0.3 is 0 Å². The largest absolute Gasteiger partial charge is 0.455 e. The van der Waals surface area contributed by atoms with Crippen molar-refractivity contribution in [2.24, 2.45) is 0 Å². The van der Waals surface area contributed by atoms with Gasteiger partial charge in [-0.2, -0.15) is 0 Å². The molecule has 1 nitrogen and oxygen atoms in total. The molecule has 0 N–H and O–H groups in total. The molecule has 0 saturated heterocycles. The van der Waals surface area contributed by atoms with Crippen molar-refractivity contribution in [2.45, 2.75) is 5.33 Å². The van der Waals surface area contributed by atoms with Gasteiger partial charge in [-0.1, -0.05) is 33.6 Å². The highest BCUT2D eigenvalue weighted by atomic mass is 127. The van der Waals surface area contributed by atoms with Crippen molar-refractivity contribution in [1.82, 2.24) is 0 Å². The highest BCUT2D eigenvalue weighted by Crippen LogP contribution is 2.34. The lowest BCUT2D eigenvalue weighted by atomic mass is 10.2. The van der Waals surface area contributed by atoms with E-state index < -0.39 is 0 Å². The van der Waals surface area contributed by atoms with Crippen molar-refractivity contribution in [3.05, 3.63) is 55.0 Å². The predicted molar refractivity (Wildman–Crippen MR) is 91.0 cm³/mol. The van der Waals surface area contributed by atoms with E-state index in [0.717, 1.165) is 24.9 Å². The molecule has 5 heteroatoms. The lowest BCUT2D eigenvalue weighted by Gasteiger charge is -2.10. The summed E-state index contributed by atoms with van der Waals surface area (Å²) in [7, 11) is 0. The Morgan fingerprint density at radius 1 is 1.11 bits per heavy atom. The van der Waals surface area contributed by atoms with Crippen molar-refractivity contribution in [3.8, 4) is 11.5 Å². The minimum atomic E-state index is 0.709. The smallest absolute Gasteiger partial charge is 0.141 e. The minimum absolute atomic E-state index is 0.709. The number of alkyl halides is 1. The van der Waals surface area contributed by atoms with Crippen molar-refractivity contribution in [1.29, 1.82) is 0 Å². The van der Waals surface area contributed by atoms with Gasteiger partial charge in [0.2, 0.25) is 0 Å². The minimum Gasteiger partial charge on any atom is -0.455 e. The number of halogens is 4. The van der Waals surface area contributed by atoms with Gasteiger partial charge < -0.3 is 4.74 Å². The zero-order valence-electron chi connectivity index (χ0n) is 9.09. The van der Waals surface area contributed by atoms with E-state index in [-0.39, 0.29) is 0 Å². The summed E-state index contributed by atoms with van der Waals surface area (Å²) in [4.78, 5) is 0. The van der Waals surface area contributed by atoms with Crippen molar-refractivity contribution >= 4 is 66.1 Å². The fourth-order valence-corrected chi connectivity index (χ4v) is 3.22. The van der Waals surface area contributed by atoms with Crippen LogP contribution in [-0.4, -0.2) is 0 Å². The maximum Gasteiger partial charge on any atom is 0.141 e. The van der Waals surface area contributed by atoms with E-state index in [1.807, 2.05) is 36.4 Å². The first-order chi connectivity index (χ1) is 8.60. The zero-order valence-corrected chi connectivity index (χ0v) is 15.2. The normalized spacial score (nSPS) is 10.4. The first-order valence-electron chi connectivity index (χ1n) is 5.07. The molecule has 2 aromatic carbocycles. The SMILES string of the molecule is Clc1ccc(Oc2ccc(CBr)cc2Br)c(I)c1. The van der Waals surface area contributed by atoms with Gasteiger partial charge in [-0.15, -0.1) is 0 Å². The summed E-state index contributed by atoms with van der Waals surface area (Å²) in [5.41, 5.74) is 1.19. The Kier molecular flexibility index (Phi) is 5.35. The van der Waals surface area contributed by atoms with Crippen molar-refractivity contribution in [2.75, 3.05) is 0 Å². The topological polar surface area (TPSA) is 9.23 Å². The Morgan fingerprint density at radius 3 is 2.44 bits per heavy atom. The number of hydrogen-bond acceptors (Lipinski definition) is 1. The van der Waals surface area contributed by atoms with Crippen LogP contribution in [0.5, 0.6) is 11.5 Å². The Morgan fingerprint density at radius 2 is 1.83 bits per heavy atom. The Labute approximate surface area is 141 Å². The first-order valence-corrected chi connectivity index (χ1v) is 8.44. The van der Waals surface area contributed by atoms with E-state index in [0.29, 0.717) is 5.02 Å². The predicted octanol–water partition coefficient (Wildman–Crippen LogP) is 6.39. The standard InChI is InChI=1S/C13H8Br2ClIO/c14-7-8-1-3-12(10(15)5-8)18-13-4-2-9(16)6-11(13)17/h1-6H,7H2. The molecule has 94 valence electrons. The second-order valence-electron chi connectivity index (χ2n) is 3.58. The van der Waals surface area contributed by atoms with E-state index in [2.05, 4.69) is 54.5 Å². The van der Waals surface area contributed by atoms with Crippen LogP contribution < -0.4 is 4.74 Å². The molecule has 0 bridgehead atoms. The molecule has 0 aliphatic rings. The molecule has 0 aliphatic carbocycles. The van der Waals surface area contributed by atoms with Gasteiger partial charge in [0.25, 0.3) is 0 Å². The molecule has 2 aromatic rings. The van der Waals surface area contributed by atoms with Crippen LogP contribution in [0.3, 0.4) is 0 Å². The van der Waals surface area contributed by atoms with E-state index >= 15 is 0 Å². The van der Waals surface area contributed by atoms with Crippen LogP contribution >= 0.6 is 66.1 Å². The Balaban J connectivity index is 2.28. The fraction of sp³-hybridized carbons (Fsp3) is 0.0769. The molecule has 0 unspecified atom stereocenters. The number of hydrogen-bond donors (Lipinski definition) is 0. The lowest BCUT2D eigenvalue weighted by molar-refractivity contribution is 0.476. The highest BCUT2D eigenvalue weighted by molar-refractivity contribution is 14.1. The van der Waals surface area contributed by atoms with Gasteiger partial charge in [0.1, 0.15) is 11.5 Å². The van der Waals surface area contributed by atoms with Gasteiger partial charge in [0, 0.05) is 10.4 Å². The summed E-state index contributed by atoms with van der Waals surface area (Å²) < 4.78 is 7.78. The molecular formula is C13H8Br2ClIO. The Bertz CT molecular complexity index is 575. The lowest BCUT2D eigenvalue weighted by Crippen LogP contribution is -1.89. The van der Waals surface area contributed by atoms with Crippen molar-refractivity contribution < 1.29 is 4.74 Å². The van der Waals surface area contributed by atoms with Gasteiger partial charge in [-0.3, -0.25) is 0 Å². The van der Waals surface area contributed by atoms with Crippen LogP contribution in [0.2, 0.25) is 5.02 Å². The summed E-state index contributed by atoms with van der Waals surface area (Å²) in [6.07, 6.45) is 0. The van der Waals surface area contributed by atoms with Crippen LogP contribution in [0.15, 0.2) is 40.9 Å². The molecule has 18 heavy (non-hydrogen) atoms. The van der Waals surface area contributed by atoms with E-state index in [1.165, 1.54) is 5.56 Å². The monoisotopic (exact) mass is 500 g/mol. The number of rotatable bonds is 3. The highest BCUT2D eigenvalue weighted by Gasteiger charge is 2.07. The first kappa shape index (κ1) is 14.6. The van der Waals surface area contributed by atoms with Crippen LogP contribution in [0.25, 0.3) is 0 Å². The third-order valence-electron chi connectivity index (χ3n) is 2.26. The second kappa shape index (κ2) is 6.59. The Hall–Kier alpha value is 0.220. The maximum atomic E-state index is 5.92. The average molecular weight is 502 g/mol. The third-order valence-corrected chi connectivity index (χ3v) is 4.61. The molecule has 0 aromatic heterocycles. The maximum absolute atomic E-state index is 5.92. The number of ether oxygens (including phenoxy) is 1. The van der Waals surface area contributed by atoms with Gasteiger partial charge in [0.05, 0.1) is 8.04 Å². The van der Waals surface area contributed by atoms with Gasteiger partial charge in [-0.25, -0.2) is 0 Å². The molecule has 2 rings (SSSR count). The molecule has 0 spiro atoms. The van der Waals surface area contributed by atoms with Crippen LogP contribution in [0, 0.1) is 3.57 Å². The number of benzene rings is 2. The summed E-state index contributed by atoms with van der Waals surface area (Å²) in [6, 6.07) is 11.6. The molecule has 0 heterocycles. The molecule has 0 aliphatic heterocycles. The molecule has 0 fully saturated rings. The quantitative estimate of drug-likeness (QED) is 0.349. The van der Waals surface area contributed by atoms with E-state index in [1.54, 1.807) is 0 Å². The average Bonchev–Trinajstić information content (AvgIpc) is 2.34. The zero-order chi connectivity index (χ0) is 13.1. The van der Waals surface area contributed by atoms with Crippen LogP contribution in [0.1, 0.15) is 5.56 Å². The summed E-state index contributed by atoms with van der Waals surface area (Å²) >= 11 is 15.1. The summed E-state index contributed by atoms with van der Waals surface area (Å²) in [5.74, 6) is 1.59. The van der Waals surface area contributed by atoms with E-state index in [9.17, 15) is 0 Å². The van der Waals surface area contributed by atoms with Gasteiger partial charge in [0.15, 0.2) is 0 Å². The van der Waals surface area contributed by atoms with Gasteiger partial charge in [-0.05, 0) is 74.4 Å². The van der Waals surface area contributed by atoms with Crippen LogP contribution in [0.4, 0.5) is 0 Å². The molecule has 0 amide bonds. The molecule has 0 saturated carbocycles.